The number of ether oxygens (including phenoxy) is 1. The van der Waals surface area contributed by atoms with Crippen molar-refractivity contribution in [1.82, 2.24) is 15.2 Å². The third-order valence-electron chi connectivity index (χ3n) is 5.52. The van der Waals surface area contributed by atoms with Crippen LogP contribution in [0.15, 0.2) is 70.6 Å². The maximum Gasteiger partial charge on any atom is 0.267 e. The van der Waals surface area contributed by atoms with Crippen molar-refractivity contribution in [3.8, 4) is 5.75 Å². The molecule has 2 heterocycles. The maximum atomic E-state index is 12.3. The van der Waals surface area contributed by atoms with Crippen LogP contribution in [-0.4, -0.2) is 54.7 Å². The summed E-state index contributed by atoms with van der Waals surface area (Å²) in [5, 5.41) is 9.08. The molecule has 1 aromatic heterocycles. The molecule has 2 aromatic carbocycles. The number of carbonyl (C=O) groups is 1. The molecular formula is C25H27ClN6O3. The van der Waals surface area contributed by atoms with Gasteiger partial charge in [0.2, 0.25) is 0 Å². The number of amides is 1. The van der Waals surface area contributed by atoms with E-state index in [1.54, 1.807) is 6.07 Å². The minimum Gasteiger partial charge on any atom is -0.494 e. The monoisotopic (exact) mass is 494 g/mol. The summed E-state index contributed by atoms with van der Waals surface area (Å²) in [5.41, 5.74) is 3.98. The molecule has 35 heavy (non-hydrogen) atoms. The molecule has 1 amide bonds. The molecular weight excluding hydrogens is 468 g/mol. The molecule has 0 unspecified atom stereocenters. The van der Waals surface area contributed by atoms with E-state index < -0.39 is 5.91 Å². The van der Waals surface area contributed by atoms with Gasteiger partial charge in [-0.15, -0.1) is 0 Å². The van der Waals surface area contributed by atoms with Crippen molar-refractivity contribution in [2.24, 2.45) is 5.10 Å². The first-order valence-corrected chi connectivity index (χ1v) is 11.8. The maximum absolute atomic E-state index is 12.3. The molecule has 0 atom stereocenters. The van der Waals surface area contributed by atoms with E-state index in [-0.39, 0.29) is 12.1 Å². The van der Waals surface area contributed by atoms with Crippen LogP contribution in [0.4, 0.5) is 11.5 Å². The molecule has 0 radical (unpaired) electrons. The normalized spacial score (nSPS) is 13.8. The number of hydrazone groups is 1. The van der Waals surface area contributed by atoms with Crippen LogP contribution in [0.1, 0.15) is 12.5 Å². The number of carbonyl (C=O) groups excluding carboxylic acids is 1. The standard InChI is InChI=1S/C25H27ClN6O3/c1-2-35-22-8-6-19(7-9-22)17-27-28-24(33)18-32-25(34)11-10-23(29-32)31-14-12-30(13-15-31)21-5-3-4-20(26)16-21/h3-11,16-17H,2,12-15,18H2,1H3,(H,28,33)/b27-17+. The highest BCUT2D eigenvalue weighted by molar-refractivity contribution is 6.30. The van der Waals surface area contributed by atoms with Gasteiger partial charge in [-0.3, -0.25) is 9.59 Å². The van der Waals surface area contributed by atoms with E-state index in [0.29, 0.717) is 17.4 Å². The lowest BCUT2D eigenvalue weighted by atomic mass is 10.2. The van der Waals surface area contributed by atoms with E-state index in [4.69, 9.17) is 16.3 Å². The van der Waals surface area contributed by atoms with Gasteiger partial charge in [0, 0.05) is 43.0 Å². The molecule has 1 fully saturated rings. The van der Waals surface area contributed by atoms with Crippen LogP contribution < -0.4 is 25.5 Å². The number of hydrogen-bond acceptors (Lipinski definition) is 7. The van der Waals surface area contributed by atoms with E-state index in [2.05, 4.69) is 25.4 Å². The van der Waals surface area contributed by atoms with Crippen LogP contribution in [0.25, 0.3) is 0 Å². The lowest BCUT2D eigenvalue weighted by Gasteiger charge is -2.36. The van der Waals surface area contributed by atoms with Crippen LogP contribution in [0.2, 0.25) is 5.02 Å². The Kier molecular flexibility index (Phi) is 7.99. The Hall–Kier alpha value is -3.85. The smallest absolute Gasteiger partial charge is 0.267 e. The summed E-state index contributed by atoms with van der Waals surface area (Å²) in [6.45, 7) is 5.34. The minimum absolute atomic E-state index is 0.226. The van der Waals surface area contributed by atoms with Crippen LogP contribution in [0.3, 0.4) is 0 Å². The minimum atomic E-state index is -0.440. The topological polar surface area (TPSA) is 92.1 Å². The molecule has 0 saturated carbocycles. The van der Waals surface area contributed by atoms with E-state index in [1.165, 1.54) is 12.3 Å². The Morgan fingerprint density at radius 1 is 1.09 bits per heavy atom. The van der Waals surface area contributed by atoms with Gasteiger partial charge in [0.05, 0.1) is 12.8 Å². The first-order chi connectivity index (χ1) is 17.0. The summed E-state index contributed by atoms with van der Waals surface area (Å²) in [7, 11) is 0. The van der Waals surface area contributed by atoms with Gasteiger partial charge in [0.1, 0.15) is 18.1 Å². The number of nitrogens with zero attached hydrogens (tertiary/aromatic N) is 5. The summed E-state index contributed by atoms with van der Waals surface area (Å²) >= 11 is 6.12. The summed E-state index contributed by atoms with van der Waals surface area (Å²) < 4.78 is 6.55. The van der Waals surface area contributed by atoms with Gasteiger partial charge in [0.25, 0.3) is 11.5 Å². The largest absolute Gasteiger partial charge is 0.494 e. The quantitative estimate of drug-likeness (QED) is 0.382. The molecule has 10 heteroatoms. The fraction of sp³-hybridized carbons (Fsp3) is 0.280. The van der Waals surface area contributed by atoms with E-state index in [9.17, 15) is 9.59 Å². The summed E-state index contributed by atoms with van der Waals surface area (Å²) in [6.07, 6.45) is 1.53. The van der Waals surface area contributed by atoms with E-state index >= 15 is 0 Å². The molecule has 0 spiro atoms. The van der Waals surface area contributed by atoms with Crippen molar-refractivity contribution in [2.75, 3.05) is 42.6 Å². The predicted molar refractivity (Wildman–Crippen MR) is 138 cm³/mol. The molecule has 4 rings (SSSR count). The highest BCUT2D eigenvalue weighted by atomic mass is 35.5. The average molecular weight is 495 g/mol. The Bertz CT molecular complexity index is 1240. The highest BCUT2D eigenvalue weighted by Crippen LogP contribution is 2.22. The summed E-state index contributed by atoms with van der Waals surface area (Å²) in [4.78, 5) is 29.0. The number of halogens is 1. The molecule has 182 valence electrons. The van der Waals surface area contributed by atoms with Gasteiger partial charge in [-0.2, -0.15) is 10.2 Å². The van der Waals surface area contributed by atoms with Gasteiger partial charge < -0.3 is 14.5 Å². The number of aromatic nitrogens is 2. The molecule has 3 aromatic rings. The number of anilines is 2. The highest BCUT2D eigenvalue weighted by Gasteiger charge is 2.19. The Morgan fingerprint density at radius 2 is 1.83 bits per heavy atom. The first kappa shape index (κ1) is 24.3. The van der Waals surface area contributed by atoms with Crippen LogP contribution in [0.5, 0.6) is 5.75 Å². The molecule has 1 N–H and O–H groups in total. The molecule has 0 bridgehead atoms. The number of nitrogens with one attached hydrogen (secondary N) is 1. The third kappa shape index (κ3) is 6.60. The van der Waals surface area contributed by atoms with Gasteiger partial charge in [-0.25, -0.2) is 10.1 Å². The second kappa shape index (κ2) is 11.5. The lowest BCUT2D eigenvalue weighted by Crippen LogP contribution is -2.47. The van der Waals surface area contributed by atoms with Crippen molar-refractivity contribution < 1.29 is 9.53 Å². The van der Waals surface area contributed by atoms with Gasteiger partial charge in [-0.1, -0.05) is 17.7 Å². The number of hydrogen-bond donors (Lipinski definition) is 1. The molecule has 1 aliphatic rings. The number of rotatable bonds is 8. The summed E-state index contributed by atoms with van der Waals surface area (Å²) in [6, 6.07) is 18.2. The van der Waals surface area contributed by atoms with Gasteiger partial charge >= 0.3 is 0 Å². The second-order valence-electron chi connectivity index (χ2n) is 7.94. The average Bonchev–Trinajstić information content (AvgIpc) is 2.87. The van der Waals surface area contributed by atoms with E-state index in [0.717, 1.165) is 47.9 Å². The van der Waals surface area contributed by atoms with Crippen LogP contribution >= 0.6 is 11.6 Å². The molecule has 1 aliphatic heterocycles. The van der Waals surface area contributed by atoms with Crippen LogP contribution in [0, 0.1) is 0 Å². The van der Waals surface area contributed by atoms with Crippen molar-refractivity contribution in [2.45, 2.75) is 13.5 Å². The Labute approximate surface area is 208 Å². The van der Waals surface area contributed by atoms with Crippen molar-refractivity contribution in [1.29, 1.82) is 0 Å². The van der Waals surface area contributed by atoms with Crippen LogP contribution in [-0.2, 0) is 11.3 Å². The number of piperazine rings is 1. The molecule has 1 saturated heterocycles. The second-order valence-corrected chi connectivity index (χ2v) is 8.37. The van der Waals surface area contributed by atoms with Crippen molar-refractivity contribution in [3.05, 3.63) is 81.6 Å². The van der Waals surface area contributed by atoms with Crippen molar-refractivity contribution >= 4 is 35.2 Å². The SMILES string of the molecule is CCOc1ccc(/C=N/NC(=O)Cn2nc(N3CCN(c4cccc(Cl)c4)CC3)ccc2=O)cc1. The lowest BCUT2D eigenvalue weighted by molar-refractivity contribution is -0.121. The zero-order chi connectivity index (χ0) is 24.6. The Morgan fingerprint density at radius 3 is 2.54 bits per heavy atom. The van der Waals surface area contributed by atoms with Gasteiger partial charge in [-0.05, 0) is 61.0 Å². The fourth-order valence-corrected chi connectivity index (χ4v) is 3.94. The zero-order valence-electron chi connectivity index (χ0n) is 19.4. The molecule has 9 nitrogen and oxygen atoms in total. The van der Waals surface area contributed by atoms with E-state index in [1.807, 2.05) is 55.5 Å². The first-order valence-electron chi connectivity index (χ1n) is 11.4. The molecule has 0 aliphatic carbocycles. The zero-order valence-corrected chi connectivity index (χ0v) is 20.2. The predicted octanol–water partition coefficient (Wildman–Crippen LogP) is 2.77. The Balaban J connectivity index is 1.32. The summed E-state index contributed by atoms with van der Waals surface area (Å²) in [5.74, 6) is 0.982. The van der Waals surface area contributed by atoms with Crippen molar-refractivity contribution in [3.63, 3.8) is 0 Å². The fourth-order valence-electron chi connectivity index (χ4n) is 3.75. The third-order valence-corrected chi connectivity index (χ3v) is 5.75. The van der Waals surface area contributed by atoms with Gasteiger partial charge in [0.15, 0.2) is 0 Å². The number of benzene rings is 2.